The Hall–Kier alpha value is -1.65. The molecule has 1 heterocycles. The number of hydrogen-bond donors (Lipinski definition) is 0. The van der Waals surface area contributed by atoms with Crippen LogP contribution in [0.1, 0.15) is 30.6 Å². The molecular formula is C16H20O4. The standard InChI is InChI=1S/C16H20O4/c1-12(19-10-14-11-20-14)15-8-4-3-6-13(15)7-5-9-16(17)18-2/h3-8,12,14H,9-11H2,1-2H3/b7-5+/t12-,14+/m1/s1. The highest BCUT2D eigenvalue weighted by Gasteiger charge is 2.23. The van der Waals surface area contributed by atoms with Gasteiger partial charge in [0.1, 0.15) is 6.10 Å². The molecule has 2 atom stereocenters. The first-order chi connectivity index (χ1) is 9.70. The number of methoxy groups -OCH3 is 1. The van der Waals surface area contributed by atoms with Gasteiger partial charge >= 0.3 is 5.97 Å². The van der Waals surface area contributed by atoms with E-state index in [9.17, 15) is 4.79 Å². The van der Waals surface area contributed by atoms with E-state index in [1.807, 2.05) is 37.3 Å². The number of rotatable bonds is 7. The molecule has 0 N–H and O–H groups in total. The minimum absolute atomic E-state index is 0.00169. The lowest BCUT2D eigenvalue weighted by Crippen LogP contribution is -2.07. The number of carbonyl (C=O) groups excluding carboxylic acids is 1. The second-order valence-corrected chi connectivity index (χ2v) is 4.74. The lowest BCUT2D eigenvalue weighted by molar-refractivity contribution is -0.139. The summed E-state index contributed by atoms with van der Waals surface area (Å²) >= 11 is 0. The average Bonchev–Trinajstić information content (AvgIpc) is 3.29. The van der Waals surface area contributed by atoms with Crippen molar-refractivity contribution >= 4 is 12.0 Å². The third-order valence-corrected chi connectivity index (χ3v) is 3.18. The van der Waals surface area contributed by atoms with Crippen LogP contribution in [0.25, 0.3) is 6.08 Å². The molecule has 0 unspecified atom stereocenters. The van der Waals surface area contributed by atoms with Gasteiger partial charge in [0.2, 0.25) is 0 Å². The zero-order valence-electron chi connectivity index (χ0n) is 11.9. The summed E-state index contributed by atoms with van der Waals surface area (Å²) in [5, 5.41) is 0. The van der Waals surface area contributed by atoms with Crippen molar-refractivity contribution in [1.29, 1.82) is 0 Å². The van der Waals surface area contributed by atoms with Crippen LogP contribution >= 0.6 is 0 Å². The van der Waals surface area contributed by atoms with Crippen molar-refractivity contribution in [1.82, 2.24) is 0 Å². The molecule has 0 amide bonds. The topological polar surface area (TPSA) is 48.1 Å². The highest BCUT2D eigenvalue weighted by molar-refractivity contribution is 5.72. The fourth-order valence-corrected chi connectivity index (χ4v) is 1.90. The van der Waals surface area contributed by atoms with E-state index in [0.29, 0.717) is 6.61 Å². The lowest BCUT2D eigenvalue weighted by Gasteiger charge is -2.15. The highest BCUT2D eigenvalue weighted by Crippen LogP contribution is 2.24. The summed E-state index contributed by atoms with van der Waals surface area (Å²) in [6.07, 6.45) is 4.27. The summed E-state index contributed by atoms with van der Waals surface area (Å²) in [4.78, 5) is 11.1. The normalized spacial score (nSPS) is 19.0. The van der Waals surface area contributed by atoms with Crippen molar-refractivity contribution in [3.05, 3.63) is 41.5 Å². The van der Waals surface area contributed by atoms with Gasteiger partial charge in [0.05, 0.1) is 32.8 Å². The second-order valence-electron chi connectivity index (χ2n) is 4.74. The predicted molar refractivity (Wildman–Crippen MR) is 76.2 cm³/mol. The Morgan fingerprint density at radius 1 is 1.50 bits per heavy atom. The summed E-state index contributed by atoms with van der Waals surface area (Å²) in [5.41, 5.74) is 2.16. The average molecular weight is 276 g/mol. The van der Waals surface area contributed by atoms with E-state index in [4.69, 9.17) is 9.47 Å². The van der Waals surface area contributed by atoms with E-state index in [1.54, 1.807) is 6.08 Å². The molecule has 0 aromatic heterocycles. The second kappa shape index (κ2) is 7.22. The molecule has 1 aromatic rings. The van der Waals surface area contributed by atoms with Crippen LogP contribution in [0.5, 0.6) is 0 Å². The van der Waals surface area contributed by atoms with Crippen molar-refractivity contribution in [3.63, 3.8) is 0 Å². The maximum Gasteiger partial charge on any atom is 0.309 e. The van der Waals surface area contributed by atoms with Crippen molar-refractivity contribution in [3.8, 4) is 0 Å². The van der Waals surface area contributed by atoms with Gasteiger partial charge in [0, 0.05) is 0 Å². The van der Waals surface area contributed by atoms with Crippen LogP contribution in [0.3, 0.4) is 0 Å². The number of epoxide rings is 1. The summed E-state index contributed by atoms with van der Waals surface area (Å²) < 4.78 is 15.5. The van der Waals surface area contributed by atoms with E-state index in [2.05, 4.69) is 4.74 Å². The summed E-state index contributed by atoms with van der Waals surface area (Å²) in [6, 6.07) is 8.01. The Balaban J connectivity index is 1.98. The highest BCUT2D eigenvalue weighted by atomic mass is 16.6. The Kier molecular flexibility index (Phi) is 5.32. The molecule has 0 saturated carbocycles. The van der Waals surface area contributed by atoms with Crippen molar-refractivity contribution < 1.29 is 19.0 Å². The van der Waals surface area contributed by atoms with Gasteiger partial charge in [-0.25, -0.2) is 0 Å². The zero-order chi connectivity index (χ0) is 14.4. The quantitative estimate of drug-likeness (QED) is 0.567. The predicted octanol–water partition coefficient (Wildman–Crippen LogP) is 2.74. The zero-order valence-corrected chi connectivity index (χ0v) is 11.9. The number of hydrogen-bond acceptors (Lipinski definition) is 4. The van der Waals surface area contributed by atoms with Crippen molar-refractivity contribution in [2.45, 2.75) is 25.6 Å². The van der Waals surface area contributed by atoms with Gasteiger partial charge in [-0.05, 0) is 18.1 Å². The Morgan fingerprint density at radius 2 is 2.25 bits per heavy atom. The van der Waals surface area contributed by atoms with Crippen LogP contribution in [0.2, 0.25) is 0 Å². The van der Waals surface area contributed by atoms with E-state index < -0.39 is 0 Å². The fourth-order valence-electron chi connectivity index (χ4n) is 1.90. The largest absolute Gasteiger partial charge is 0.469 e. The third kappa shape index (κ3) is 4.47. The van der Waals surface area contributed by atoms with Crippen LogP contribution in [-0.2, 0) is 19.0 Å². The van der Waals surface area contributed by atoms with E-state index in [0.717, 1.165) is 17.7 Å². The van der Waals surface area contributed by atoms with Crippen LogP contribution in [0, 0.1) is 0 Å². The van der Waals surface area contributed by atoms with Gasteiger partial charge < -0.3 is 14.2 Å². The summed E-state index contributed by atoms with van der Waals surface area (Å²) in [7, 11) is 1.39. The number of ether oxygens (including phenoxy) is 3. The summed E-state index contributed by atoms with van der Waals surface area (Å²) in [6.45, 7) is 3.45. The SMILES string of the molecule is COC(=O)C/C=C/c1ccccc1[C@@H](C)OC[C@H]1CO1. The lowest BCUT2D eigenvalue weighted by atomic mass is 10.0. The Morgan fingerprint density at radius 3 is 2.95 bits per heavy atom. The Labute approximate surface area is 119 Å². The molecule has 1 aliphatic rings. The molecule has 0 aliphatic carbocycles. The molecule has 108 valence electrons. The Bertz CT molecular complexity index is 477. The maximum absolute atomic E-state index is 11.1. The van der Waals surface area contributed by atoms with Crippen LogP contribution < -0.4 is 0 Å². The minimum Gasteiger partial charge on any atom is -0.469 e. The molecule has 2 rings (SSSR count). The molecule has 0 radical (unpaired) electrons. The minimum atomic E-state index is -0.242. The molecule has 1 aliphatic heterocycles. The van der Waals surface area contributed by atoms with Crippen molar-refractivity contribution in [2.24, 2.45) is 0 Å². The smallest absolute Gasteiger partial charge is 0.309 e. The molecule has 4 heteroatoms. The first kappa shape index (κ1) is 14.8. The number of carbonyl (C=O) groups is 1. The van der Waals surface area contributed by atoms with Gasteiger partial charge in [-0.2, -0.15) is 0 Å². The molecule has 0 spiro atoms. The molecule has 1 fully saturated rings. The molecular weight excluding hydrogens is 256 g/mol. The van der Waals surface area contributed by atoms with Crippen molar-refractivity contribution in [2.75, 3.05) is 20.3 Å². The monoisotopic (exact) mass is 276 g/mol. The molecule has 1 aromatic carbocycles. The van der Waals surface area contributed by atoms with E-state index in [1.165, 1.54) is 7.11 Å². The van der Waals surface area contributed by atoms with E-state index >= 15 is 0 Å². The van der Waals surface area contributed by atoms with E-state index in [-0.39, 0.29) is 24.6 Å². The molecule has 0 bridgehead atoms. The number of benzene rings is 1. The van der Waals surface area contributed by atoms with Gasteiger partial charge in [-0.15, -0.1) is 0 Å². The molecule has 4 nitrogen and oxygen atoms in total. The van der Waals surface area contributed by atoms with Crippen LogP contribution in [-0.4, -0.2) is 32.4 Å². The third-order valence-electron chi connectivity index (χ3n) is 3.18. The van der Waals surface area contributed by atoms with Gasteiger partial charge in [0.15, 0.2) is 0 Å². The van der Waals surface area contributed by atoms with Crippen LogP contribution in [0.4, 0.5) is 0 Å². The fraction of sp³-hybridized carbons (Fsp3) is 0.438. The van der Waals surface area contributed by atoms with Gasteiger partial charge in [0.25, 0.3) is 0 Å². The summed E-state index contributed by atoms with van der Waals surface area (Å²) in [5.74, 6) is -0.242. The first-order valence-corrected chi connectivity index (χ1v) is 6.76. The molecule has 1 saturated heterocycles. The first-order valence-electron chi connectivity index (χ1n) is 6.76. The van der Waals surface area contributed by atoms with Gasteiger partial charge in [-0.3, -0.25) is 4.79 Å². The maximum atomic E-state index is 11.1. The number of esters is 1. The molecule has 20 heavy (non-hydrogen) atoms. The van der Waals surface area contributed by atoms with Crippen LogP contribution in [0.15, 0.2) is 30.3 Å². The van der Waals surface area contributed by atoms with Gasteiger partial charge in [-0.1, -0.05) is 36.4 Å².